The number of nitrogens with two attached hydrogens (primary N) is 3. The van der Waals surface area contributed by atoms with Gasteiger partial charge < -0.3 is 107 Å². The summed E-state index contributed by atoms with van der Waals surface area (Å²) >= 11 is 0. The van der Waals surface area contributed by atoms with Crippen LogP contribution in [0.5, 0.6) is 0 Å². The number of carbonyl (C=O) groups is 1. The predicted octanol–water partition coefficient (Wildman–Crippen LogP) is -9.71. The first kappa shape index (κ1) is 39.5. The van der Waals surface area contributed by atoms with Crippen LogP contribution < -0.4 is 22.5 Å². The van der Waals surface area contributed by atoms with Gasteiger partial charge in [-0.05, 0) is 0 Å². The van der Waals surface area contributed by atoms with Crippen LogP contribution in [0.15, 0.2) is 0 Å². The number of nitrogens with one attached hydrogen (secondary N) is 1. The fourth-order valence-corrected chi connectivity index (χ4v) is 6.09. The lowest BCUT2D eigenvalue weighted by molar-refractivity contribution is -0.359. The van der Waals surface area contributed by atoms with Gasteiger partial charge >= 0.3 is 0 Å². The Bertz CT molecular complexity index is 1030. The van der Waals surface area contributed by atoms with Crippen molar-refractivity contribution in [2.75, 3.05) is 26.4 Å². The number of amides is 1. The van der Waals surface area contributed by atoms with Crippen LogP contribution >= 0.6 is 0 Å². The molecule has 20 atom stereocenters. The summed E-state index contributed by atoms with van der Waals surface area (Å²) in [5.74, 6) is -0.612. The molecule has 280 valence electrons. The molecule has 48 heavy (non-hydrogen) atoms. The molecule has 4 fully saturated rings. The van der Waals surface area contributed by atoms with E-state index in [1.165, 1.54) is 0 Å². The zero-order valence-electron chi connectivity index (χ0n) is 25.8. The summed E-state index contributed by atoms with van der Waals surface area (Å²) in [6.45, 7) is -1.88. The van der Waals surface area contributed by atoms with Crippen LogP contribution in [0.1, 0.15) is 6.92 Å². The molecule has 0 aromatic rings. The molecular formula is C26H48N4O18. The Morgan fingerprint density at radius 1 is 0.562 bits per heavy atom. The van der Waals surface area contributed by atoms with E-state index in [2.05, 4.69) is 5.32 Å². The van der Waals surface area contributed by atoms with E-state index in [0.29, 0.717) is 0 Å². The Kier molecular flexibility index (Phi) is 13.8. The number of rotatable bonds is 11. The van der Waals surface area contributed by atoms with Crippen LogP contribution in [0, 0.1) is 0 Å². The molecule has 4 heterocycles. The molecule has 0 spiro atoms. The van der Waals surface area contributed by atoms with E-state index in [0.717, 1.165) is 6.92 Å². The Hall–Kier alpha value is -1.33. The van der Waals surface area contributed by atoms with Gasteiger partial charge in [-0.2, -0.15) is 0 Å². The first-order valence-electron chi connectivity index (χ1n) is 15.3. The monoisotopic (exact) mass is 704 g/mol. The van der Waals surface area contributed by atoms with E-state index in [1.807, 2.05) is 0 Å². The molecule has 0 radical (unpaired) electrons. The summed E-state index contributed by atoms with van der Waals surface area (Å²) in [6.07, 6.45) is -24.2. The van der Waals surface area contributed by atoms with Crippen LogP contribution in [-0.4, -0.2) is 206 Å². The van der Waals surface area contributed by atoms with Gasteiger partial charge in [-0.3, -0.25) is 4.79 Å². The Balaban J connectivity index is 1.44. The molecule has 0 aromatic carbocycles. The van der Waals surface area contributed by atoms with Crippen LogP contribution in [0.2, 0.25) is 0 Å². The summed E-state index contributed by atoms with van der Waals surface area (Å²) in [5.41, 5.74) is 18.3. The van der Waals surface area contributed by atoms with Crippen molar-refractivity contribution in [3.8, 4) is 0 Å². The first-order valence-corrected chi connectivity index (χ1v) is 15.3. The average Bonchev–Trinajstić information content (AvgIpc) is 3.06. The van der Waals surface area contributed by atoms with Crippen LogP contribution in [0.4, 0.5) is 0 Å². The van der Waals surface area contributed by atoms with E-state index >= 15 is 0 Å². The maximum absolute atomic E-state index is 11.6. The molecular weight excluding hydrogens is 656 g/mol. The van der Waals surface area contributed by atoms with E-state index in [1.54, 1.807) is 0 Å². The second-order valence-corrected chi connectivity index (χ2v) is 12.1. The van der Waals surface area contributed by atoms with E-state index in [9.17, 15) is 55.9 Å². The summed E-state index contributed by atoms with van der Waals surface area (Å²) in [6, 6.07) is -5.63. The molecule has 22 heteroatoms. The molecule has 17 N–H and O–H groups in total. The number of hydrogen-bond acceptors (Lipinski definition) is 21. The van der Waals surface area contributed by atoms with Gasteiger partial charge in [0.1, 0.15) is 79.3 Å². The van der Waals surface area contributed by atoms with Crippen molar-refractivity contribution in [2.45, 2.75) is 129 Å². The third-order valence-electron chi connectivity index (χ3n) is 8.85. The van der Waals surface area contributed by atoms with Crippen molar-refractivity contribution in [1.29, 1.82) is 0 Å². The second-order valence-electron chi connectivity index (χ2n) is 12.1. The minimum absolute atomic E-state index is 0.612. The summed E-state index contributed by atoms with van der Waals surface area (Å²) < 4.78 is 39.5. The lowest BCUT2D eigenvalue weighted by Gasteiger charge is -2.49. The van der Waals surface area contributed by atoms with E-state index in [-0.39, 0.29) is 0 Å². The molecule has 0 aliphatic carbocycles. The largest absolute Gasteiger partial charge is 0.394 e. The van der Waals surface area contributed by atoms with E-state index in [4.69, 9.17) is 50.4 Å². The minimum atomic E-state index is -1.71. The number of aliphatic hydroxyl groups excluding tert-OH is 10. The maximum Gasteiger partial charge on any atom is 0.217 e. The predicted molar refractivity (Wildman–Crippen MR) is 151 cm³/mol. The number of aliphatic hydroxyl groups is 10. The van der Waals surface area contributed by atoms with Crippen LogP contribution in [-0.2, 0) is 38.0 Å². The van der Waals surface area contributed by atoms with Gasteiger partial charge in [0.2, 0.25) is 5.91 Å². The fraction of sp³-hybridized carbons (Fsp3) is 0.962. The Morgan fingerprint density at radius 3 is 1.31 bits per heavy atom. The van der Waals surface area contributed by atoms with Crippen LogP contribution in [0.25, 0.3) is 0 Å². The number of hydrogen-bond donors (Lipinski definition) is 14. The van der Waals surface area contributed by atoms with E-state index < -0.39 is 155 Å². The zero-order valence-corrected chi connectivity index (χ0v) is 25.8. The molecule has 1 amide bonds. The van der Waals surface area contributed by atoms with Crippen molar-refractivity contribution in [1.82, 2.24) is 5.32 Å². The second kappa shape index (κ2) is 16.8. The molecule has 0 bridgehead atoms. The lowest BCUT2D eigenvalue weighted by Crippen LogP contribution is -2.70. The van der Waals surface area contributed by atoms with Crippen molar-refractivity contribution in [3.05, 3.63) is 0 Å². The molecule has 0 aromatic heterocycles. The SMILES string of the molecule is CC(=O)N[C@@H]1[C@@H](O)[C@@H](O[C@@H]2O[C@H](CO)[C@@H](O[C@@H]3O[C@H](CO)[C@H](O[C@@H]4O[C@H](CO)[C@@H](O)[C@H](O)[C@H]4N)[C@H](O)[C@H]3N)[C@H](O)[C@H]2N)[C@@H](CO)O[C@H]1O. The normalized spacial score (nSPS) is 50.2. The molecule has 22 nitrogen and oxygen atoms in total. The summed E-state index contributed by atoms with van der Waals surface area (Å²) in [4.78, 5) is 11.6. The quantitative estimate of drug-likeness (QED) is 0.0949. The topological polar surface area (TPSA) is 374 Å². The number of carbonyl (C=O) groups excluding carboxylic acids is 1. The van der Waals surface area contributed by atoms with Gasteiger partial charge in [-0.15, -0.1) is 0 Å². The van der Waals surface area contributed by atoms with Gasteiger partial charge in [0.15, 0.2) is 25.2 Å². The summed E-state index contributed by atoms with van der Waals surface area (Å²) in [7, 11) is 0. The molecule has 4 aliphatic heterocycles. The standard InChI is InChI=1S/C26H48N4O18/c1-6(35)30-14-19(40)22(8(3-32)42-23(14)41)48-26-13(29)18(39)21(10(5-34)45-26)47-25-12(28)17(38)20(9(4-33)44-25)46-24-11(27)16(37)15(36)7(2-31)43-24/h7-26,31-34,36-41H,2-5,27-29H2,1H3,(H,30,35)/t7-,8-,9-,10-,11-,12-,13-,14-,15-,16-,17-,18-,19-,20+,21-,22+,23-,24+,25+,26+/m1/s1. The zero-order chi connectivity index (χ0) is 35.6. The highest BCUT2D eigenvalue weighted by Gasteiger charge is 2.54. The fourth-order valence-electron chi connectivity index (χ4n) is 6.09. The highest BCUT2D eigenvalue weighted by Crippen LogP contribution is 2.33. The smallest absolute Gasteiger partial charge is 0.217 e. The van der Waals surface area contributed by atoms with Gasteiger partial charge in [0.25, 0.3) is 0 Å². The van der Waals surface area contributed by atoms with Gasteiger partial charge in [0, 0.05) is 6.92 Å². The van der Waals surface area contributed by atoms with Gasteiger partial charge in [0.05, 0.1) is 44.6 Å². The lowest BCUT2D eigenvalue weighted by atomic mass is 9.94. The third-order valence-corrected chi connectivity index (χ3v) is 8.85. The van der Waals surface area contributed by atoms with Gasteiger partial charge in [-0.1, -0.05) is 0 Å². The highest BCUT2D eigenvalue weighted by atomic mass is 16.8. The van der Waals surface area contributed by atoms with Crippen molar-refractivity contribution in [2.24, 2.45) is 17.2 Å². The van der Waals surface area contributed by atoms with Crippen molar-refractivity contribution in [3.63, 3.8) is 0 Å². The van der Waals surface area contributed by atoms with Crippen molar-refractivity contribution < 1.29 is 89.0 Å². The molecule has 0 saturated carbocycles. The molecule has 4 aliphatic rings. The van der Waals surface area contributed by atoms with Gasteiger partial charge in [-0.25, -0.2) is 0 Å². The molecule has 4 rings (SSSR count). The highest BCUT2D eigenvalue weighted by molar-refractivity contribution is 5.73. The third kappa shape index (κ3) is 8.08. The summed E-state index contributed by atoms with van der Waals surface area (Å²) in [5, 5.41) is 105. The number of ether oxygens (including phenoxy) is 7. The first-order chi connectivity index (χ1) is 22.7. The maximum atomic E-state index is 11.6. The average molecular weight is 705 g/mol. The Morgan fingerprint density at radius 2 is 0.917 bits per heavy atom. The van der Waals surface area contributed by atoms with Crippen LogP contribution in [0.3, 0.4) is 0 Å². The minimum Gasteiger partial charge on any atom is -0.394 e. The molecule has 0 unspecified atom stereocenters. The Labute approximate surface area is 273 Å². The van der Waals surface area contributed by atoms with Crippen molar-refractivity contribution >= 4 is 5.91 Å². The molecule has 4 saturated heterocycles.